The second-order valence-electron chi connectivity index (χ2n) is 8.41. The minimum absolute atomic E-state index is 0.00264. The van der Waals surface area contributed by atoms with Crippen LogP contribution in [0.2, 0.25) is 0 Å². The second-order valence-corrected chi connectivity index (χ2v) is 8.41. The molecule has 1 aliphatic carbocycles. The molecule has 0 unspecified atom stereocenters. The molecule has 1 heterocycles. The van der Waals surface area contributed by atoms with Crippen LogP contribution >= 0.6 is 0 Å². The van der Waals surface area contributed by atoms with Crippen molar-refractivity contribution in [2.45, 2.75) is 38.5 Å². The molecule has 0 saturated carbocycles. The van der Waals surface area contributed by atoms with E-state index in [1.165, 1.54) is 14.0 Å². The van der Waals surface area contributed by atoms with E-state index >= 15 is 0 Å². The summed E-state index contributed by atoms with van der Waals surface area (Å²) in [5.74, 6) is 0.471. The number of carbonyl (C=O) groups is 2. The van der Waals surface area contributed by atoms with Gasteiger partial charge in [-0.15, -0.1) is 0 Å². The zero-order chi connectivity index (χ0) is 24.4. The minimum Gasteiger partial charge on any atom is -0.497 e. The van der Waals surface area contributed by atoms with Crippen LogP contribution in [-0.2, 0) is 9.59 Å². The molecule has 0 saturated heterocycles. The average Bonchev–Trinajstić information content (AvgIpc) is 2.83. The number of nitriles is 1. The number of rotatable bonds is 5. The summed E-state index contributed by atoms with van der Waals surface area (Å²) in [7, 11) is 3.11. The predicted molar refractivity (Wildman–Crippen MR) is 125 cm³/mol. The van der Waals surface area contributed by atoms with Crippen LogP contribution in [0.1, 0.15) is 49.7 Å². The Morgan fingerprint density at radius 3 is 2.35 bits per heavy atom. The normalized spacial score (nSPS) is 19.7. The molecule has 2 aliphatic rings. The predicted octanol–water partition coefficient (Wildman–Crippen LogP) is 4.51. The Kier molecular flexibility index (Phi) is 6.42. The Labute approximate surface area is 198 Å². The molecule has 0 spiro atoms. The summed E-state index contributed by atoms with van der Waals surface area (Å²) in [4.78, 5) is 24.9. The summed E-state index contributed by atoms with van der Waals surface area (Å²) in [5.41, 5.74) is 4.44. The Morgan fingerprint density at radius 2 is 1.74 bits per heavy atom. The Balaban J connectivity index is 1.75. The second kappa shape index (κ2) is 9.44. The number of benzene rings is 2. The Bertz CT molecular complexity index is 1250. The molecule has 2 aromatic rings. The van der Waals surface area contributed by atoms with Gasteiger partial charge in [-0.3, -0.25) is 9.59 Å². The molecule has 0 aromatic heterocycles. The van der Waals surface area contributed by atoms with Crippen molar-refractivity contribution in [1.29, 1.82) is 5.26 Å². The zero-order valence-electron chi connectivity index (χ0n) is 19.6. The fraction of sp³-hybridized carbons (Fsp3) is 0.296. The number of dihydropyridines is 1. The molecule has 34 heavy (non-hydrogen) atoms. The molecule has 174 valence electrons. The van der Waals surface area contributed by atoms with E-state index in [9.17, 15) is 14.9 Å². The monoisotopic (exact) mass is 458 g/mol. The van der Waals surface area contributed by atoms with Gasteiger partial charge in [0.05, 0.1) is 31.8 Å². The number of ketones is 1. The fourth-order valence-corrected chi connectivity index (χ4v) is 4.74. The highest BCUT2D eigenvalue weighted by molar-refractivity contribution is 6.00. The van der Waals surface area contributed by atoms with Gasteiger partial charge < -0.3 is 19.5 Å². The highest BCUT2D eigenvalue weighted by Gasteiger charge is 2.39. The molecule has 2 aromatic carbocycles. The van der Waals surface area contributed by atoms with Crippen molar-refractivity contribution in [2.24, 2.45) is 0 Å². The van der Waals surface area contributed by atoms with E-state index in [4.69, 9.17) is 14.2 Å². The number of Topliss-reactive ketones (excluding diaryl/α,β-unsaturated/α-hetero) is 1. The quantitative estimate of drug-likeness (QED) is 0.520. The third kappa shape index (κ3) is 4.27. The molecule has 1 aliphatic heterocycles. The van der Waals surface area contributed by atoms with E-state index in [1.54, 1.807) is 25.3 Å². The summed E-state index contributed by atoms with van der Waals surface area (Å²) in [5, 5.41) is 13.3. The Hall–Kier alpha value is -4.05. The fourth-order valence-electron chi connectivity index (χ4n) is 4.74. The maximum Gasteiger partial charge on any atom is 0.308 e. The first-order chi connectivity index (χ1) is 16.4. The standard InChI is InChI=1S/C27H26N2O5/c1-15-21(14-28)26(18-7-10-24(34-16(2)30)25(13-18)33-4)27-22(29-15)11-19(12-23(27)31)17-5-8-20(32-3)9-6-17/h5-10,13,19,26,29H,11-12H2,1-4H3/t19-,26-/m1/s1. The van der Waals surface area contributed by atoms with Gasteiger partial charge in [0.15, 0.2) is 17.3 Å². The van der Waals surface area contributed by atoms with Crippen molar-refractivity contribution >= 4 is 11.8 Å². The number of carbonyl (C=O) groups excluding carboxylic acids is 2. The number of nitrogens with zero attached hydrogens (tertiary/aromatic N) is 1. The van der Waals surface area contributed by atoms with Gasteiger partial charge in [0.1, 0.15) is 5.75 Å². The summed E-state index contributed by atoms with van der Waals surface area (Å²) >= 11 is 0. The lowest BCUT2D eigenvalue weighted by molar-refractivity contribution is -0.132. The largest absolute Gasteiger partial charge is 0.497 e. The van der Waals surface area contributed by atoms with Gasteiger partial charge in [0.2, 0.25) is 0 Å². The first-order valence-electron chi connectivity index (χ1n) is 11.0. The Morgan fingerprint density at radius 1 is 1.03 bits per heavy atom. The van der Waals surface area contributed by atoms with Crippen LogP contribution in [0.4, 0.5) is 0 Å². The number of ether oxygens (including phenoxy) is 3. The average molecular weight is 459 g/mol. The lowest BCUT2D eigenvalue weighted by Gasteiger charge is -2.35. The summed E-state index contributed by atoms with van der Waals surface area (Å²) in [6.07, 6.45) is 1.01. The highest BCUT2D eigenvalue weighted by Crippen LogP contribution is 2.46. The van der Waals surface area contributed by atoms with Crippen LogP contribution in [0.15, 0.2) is 65.0 Å². The molecule has 0 fully saturated rings. The van der Waals surface area contributed by atoms with Gasteiger partial charge >= 0.3 is 5.97 Å². The van der Waals surface area contributed by atoms with Crippen LogP contribution < -0.4 is 19.5 Å². The summed E-state index contributed by atoms with van der Waals surface area (Å²) in [6.45, 7) is 3.17. The van der Waals surface area contributed by atoms with E-state index in [2.05, 4.69) is 11.4 Å². The smallest absolute Gasteiger partial charge is 0.308 e. The van der Waals surface area contributed by atoms with Crippen LogP contribution in [0, 0.1) is 11.3 Å². The van der Waals surface area contributed by atoms with Gasteiger partial charge in [-0.2, -0.15) is 5.26 Å². The van der Waals surface area contributed by atoms with Crippen molar-refractivity contribution in [3.63, 3.8) is 0 Å². The van der Waals surface area contributed by atoms with Crippen molar-refractivity contribution in [2.75, 3.05) is 14.2 Å². The van der Waals surface area contributed by atoms with Crippen molar-refractivity contribution in [3.05, 3.63) is 76.1 Å². The highest BCUT2D eigenvalue weighted by atomic mass is 16.6. The third-order valence-corrected chi connectivity index (χ3v) is 6.31. The number of methoxy groups -OCH3 is 2. The maximum atomic E-state index is 13.5. The van der Waals surface area contributed by atoms with Crippen LogP contribution in [0.5, 0.6) is 17.2 Å². The molecular formula is C27H26N2O5. The molecule has 4 rings (SSSR count). The topological polar surface area (TPSA) is 97.6 Å². The van der Waals surface area contributed by atoms with Crippen LogP contribution in [0.25, 0.3) is 0 Å². The summed E-state index contributed by atoms with van der Waals surface area (Å²) in [6, 6.07) is 15.2. The number of nitrogens with one attached hydrogen (secondary N) is 1. The van der Waals surface area contributed by atoms with Gasteiger partial charge in [0.25, 0.3) is 0 Å². The molecule has 2 atom stereocenters. The van der Waals surface area contributed by atoms with Gasteiger partial charge in [-0.05, 0) is 54.7 Å². The van der Waals surface area contributed by atoms with E-state index in [1.807, 2.05) is 31.2 Å². The van der Waals surface area contributed by atoms with Crippen molar-refractivity contribution in [3.8, 4) is 23.3 Å². The van der Waals surface area contributed by atoms with E-state index in [0.717, 1.165) is 28.3 Å². The van der Waals surface area contributed by atoms with Crippen molar-refractivity contribution in [1.82, 2.24) is 5.32 Å². The third-order valence-electron chi connectivity index (χ3n) is 6.31. The maximum absolute atomic E-state index is 13.5. The molecule has 7 heteroatoms. The SMILES string of the molecule is COc1ccc([C@H]2CC(=O)C3=C(C2)NC(C)=C(C#N)[C@H]3c2ccc(OC(C)=O)c(OC)c2)cc1. The van der Waals surface area contributed by atoms with E-state index in [0.29, 0.717) is 29.7 Å². The lowest BCUT2D eigenvalue weighted by atomic mass is 9.72. The summed E-state index contributed by atoms with van der Waals surface area (Å²) < 4.78 is 15.9. The zero-order valence-corrected chi connectivity index (χ0v) is 19.6. The number of esters is 1. The first kappa shape index (κ1) is 23.1. The van der Waals surface area contributed by atoms with Gasteiger partial charge in [-0.25, -0.2) is 0 Å². The van der Waals surface area contributed by atoms with Crippen molar-refractivity contribution < 1.29 is 23.8 Å². The minimum atomic E-state index is -0.522. The van der Waals surface area contributed by atoms with Crippen LogP contribution in [0.3, 0.4) is 0 Å². The van der Waals surface area contributed by atoms with Gasteiger partial charge in [0, 0.05) is 30.3 Å². The molecule has 0 bridgehead atoms. The lowest BCUT2D eigenvalue weighted by Crippen LogP contribution is -2.33. The molecule has 7 nitrogen and oxygen atoms in total. The van der Waals surface area contributed by atoms with E-state index in [-0.39, 0.29) is 17.5 Å². The number of hydrogen-bond donors (Lipinski definition) is 1. The molecule has 0 amide bonds. The van der Waals surface area contributed by atoms with Gasteiger partial charge in [-0.1, -0.05) is 18.2 Å². The first-order valence-corrected chi connectivity index (χ1v) is 11.0. The number of allylic oxidation sites excluding steroid dienone is 4. The molecule has 0 radical (unpaired) electrons. The number of hydrogen-bond acceptors (Lipinski definition) is 7. The molecular weight excluding hydrogens is 432 g/mol. The molecule has 1 N–H and O–H groups in total. The van der Waals surface area contributed by atoms with Crippen LogP contribution in [-0.4, -0.2) is 26.0 Å². The van der Waals surface area contributed by atoms with E-state index < -0.39 is 11.9 Å².